The Labute approximate surface area is 56.1 Å². The maximum Gasteiger partial charge on any atom is 0.0189 e. The Hall–Kier alpha value is -0.300. The lowest BCUT2D eigenvalue weighted by Gasteiger charge is -2.02. The molecule has 2 aliphatic rings. The van der Waals surface area contributed by atoms with Crippen LogP contribution in [-0.2, 0) is 0 Å². The van der Waals surface area contributed by atoms with E-state index in [4.69, 9.17) is 0 Å². The molecule has 1 unspecified atom stereocenters. The minimum Gasteiger partial charge on any atom is -0.311 e. The molecule has 1 aliphatic carbocycles. The summed E-state index contributed by atoms with van der Waals surface area (Å²) in [5.74, 6) is 0.757. The summed E-state index contributed by atoms with van der Waals surface area (Å²) in [6.45, 7) is 4.97. The molecule has 1 nitrogen and oxygen atoms in total. The Morgan fingerprint density at radius 1 is 1.56 bits per heavy atom. The van der Waals surface area contributed by atoms with Crippen LogP contribution in [0.2, 0.25) is 0 Å². The topological polar surface area (TPSA) is 12.0 Å². The lowest BCUT2D eigenvalue weighted by Crippen LogP contribution is -2.22. The normalized spacial score (nSPS) is 37.1. The summed E-state index contributed by atoms with van der Waals surface area (Å²) in [6, 6.07) is 0. The summed E-state index contributed by atoms with van der Waals surface area (Å²) in [7, 11) is 0. The molecular formula is C8H13N. The lowest BCUT2D eigenvalue weighted by molar-refractivity contribution is 0.591. The molecule has 50 valence electrons. The second kappa shape index (κ2) is 1.60. The van der Waals surface area contributed by atoms with Crippen LogP contribution in [0.15, 0.2) is 12.7 Å². The van der Waals surface area contributed by atoms with Crippen LogP contribution in [0, 0.1) is 5.92 Å². The summed E-state index contributed by atoms with van der Waals surface area (Å²) in [6.07, 6.45) is 6.23. The van der Waals surface area contributed by atoms with Crippen molar-refractivity contribution in [1.29, 1.82) is 0 Å². The van der Waals surface area contributed by atoms with Gasteiger partial charge in [0.25, 0.3) is 0 Å². The summed E-state index contributed by atoms with van der Waals surface area (Å²) in [5.41, 5.74) is 0.596. The molecule has 0 aromatic rings. The largest absolute Gasteiger partial charge is 0.311 e. The molecule has 1 saturated heterocycles. The second-order valence-corrected chi connectivity index (χ2v) is 3.36. The van der Waals surface area contributed by atoms with E-state index in [-0.39, 0.29) is 0 Å². The van der Waals surface area contributed by atoms with Crippen molar-refractivity contribution >= 4 is 0 Å². The predicted molar refractivity (Wildman–Crippen MR) is 38.3 cm³/mol. The summed E-state index contributed by atoms with van der Waals surface area (Å²) < 4.78 is 0. The van der Waals surface area contributed by atoms with Crippen molar-refractivity contribution in [2.24, 2.45) is 5.92 Å². The van der Waals surface area contributed by atoms with E-state index in [1.807, 2.05) is 0 Å². The minimum absolute atomic E-state index is 0.596. The van der Waals surface area contributed by atoms with Crippen molar-refractivity contribution in [3.05, 3.63) is 12.7 Å². The average Bonchev–Trinajstić information content (AvgIpc) is 2.44. The van der Waals surface area contributed by atoms with Crippen molar-refractivity contribution < 1.29 is 0 Å². The Balaban J connectivity index is 2.00. The van der Waals surface area contributed by atoms with Crippen LogP contribution in [0.4, 0.5) is 0 Å². The van der Waals surface area contributed by atoms with Gasteiger partial charge in [0.1, 0.15) is 0 Å². The Bertz CT molecular complexity index is 136. The van der Waals surface area contributed by atoms with Gasteiger partial charge in [-0.05, 0) is 25.2 Å². The van der Waals surface area contributed by atoms with Crippen LogP contribution in [0.5, 0.6) is 0 Å². The Morgan fingerprint density at radius 2 is 2.33 bits per heavy atom. The molecule has 1 heterocycles. The smallest absolute Gasteiger partial charge is 0.0189 e. The molecule has 1 N–H and O–H groups in total. The first-order valence-electron chi connectivity index (χ1n) is 3.72. The fourth-order valence-electron chi connectivity index (χ4n) is 1.69. The van der Waals surface area contributed by atoms with E-state index < -0.39 is 0 Å². The molecule has 0 amide bonds. The van der Waals surface area contributed by atoms with Crippen LogP contribution in [0.25, 0.3) is 0 Å². The molecule has 1 atom stereocenters. The molecule has 2 rings (SSSR count). The quantitative estimate of drug-likeness (QED) is 0.518. The molecule has 0 aromatic heterocycles. The Kier molecular flexibility index (Phi) is 0.974. The molecule has 1 heteroatoms. The van der Waals surface area contributed by atoms with Crippen molar-refractivity contribution in [3.63, 3.8) is 0 Å². The van der Waals surface area contributed by atoms with Crippen LogP contribution in [-0.4, -0.2) is 12.1 Å². The third-order valence-corrected chi connectivity index (χ3v) is 2.58. The first-order chi connectivity index (χ1) is 4.35. The number of hydrogen-bond acceptors (Lipinski definition) is 1. The minimum atomic E-state index is 0.596. The molecule has 2 fully saturated rings. The molecule has 0 aromatic carbocycles. The standard InChI is InChI=1S/C8H13N/c1-2-7-5-8(3-4-8)9-6-7/h2,7,9H,1,3-6H2. The van der Waals surface area contributed by atoms with Gasteiger partial charge in [0.05, 0.1) is 0 Å². The molecular weight excluding hydrogens is 110 g/mol. The highest BCUT2D eigenvalue weighted by Crippen LogP contribution is 2.44. The predicted octanol–water partition coefficient (Wildman–Crippen LogP) is 1.31. The zero-order valence-electron chi connectivity index (χ0n) is 5.69. The van der Waals surface area contributed by atoms with E-state index >= 15 is 0 Å². The molecule has 1 spiro atoms. The van der Waals surface area contributed by atoms with Gasteiger partial charge in [-0.15, -0.1) is 6.58 Å². The van der Waals surface area contributed by atoms with Gasteiger partial charge >= 0.3 is 0 Å². The molecule has 1 aliphatic heterocycles. The first kappa shape index (κ1) is 5.48. The zero-order chi connectivity index (χ0) is 6.32. The highest BCUT2D eigenvalue weighted by molar-refractivity contribution is 5.10. The van der Waals surface area contributed by atoms with E-state index in [9.17, 15) is 0 Å². The maximum atomic E-state index is 3.80. The highest BCUT2D eigenvalue weighted by Gasteiger charge is 2.47. The third kappa shape index (κ3) is 0.799. The van der Waals surface area contributed by atoms with Crippen LogP contribution >= 0.6 is 0 Å². The van der Waals surface area contributed by atoms with E-state index in [2.05, 4.69) is 18.0 Å². The summed E-state index contributed by atoms with van der Waals surface area (Å²) >= 11 is 0. The van der Waals surface area contributed by atoms with E-state index in [1.165, 1.54) is 25.8 Å². The van der Waals surface area contributed by atoms with Gasteiger partial charge in [-0.1, -0.05) is 6.08 Å². The van der Waals surface area contributed by atoms with E-state index in [1.54, 1.807) is 0 Å². The fourth-order valence-corrected chi connectivity index (χ4v) is 1.69. The molecule has 0 radical (unpaired) electrons. The monoisotopic (exact) mass is 123 g/mol. The van der Waals surface area contributed by atoms with Gasteiger partial charge in [-0.2, -0.15) is 0 Å². The average molecular weight is 123 g/mol. The number of rotatable bonds is 1. The van der Waals surface area contributed by atoms with Gasteiger partial charge in [-0.25, -0.2) is 0 Å². The number of nitrogens with one attached hydrogen (secondary N) is 1. The van der Waals surface area contributed by atoms with E-state index in [0.29, 0.717) is 5.54 Å². The van der Waals surface area contributed by atoms with Gasteiger partial charge in [-0.3, -0.25) is 0 Å². The number of hydrogen-bond donors (Lipinski definition) is 1. The third-order valence-electron chi connectivity index (χ3n) is 2.58. The van der Waals surface area contributed by atoms with Gasteiger partial charge in [0.2, 0.25) is 0 Å². The maximum absolute atomic E-state index is 3.80. The summed E-state index contributed by atoms with van der Waals surface area (Å²) in [4.78, 5) is 0. The van der Waals surface area contributed by atoms with Crippen molar-refractivity contribution in [2.75, 3.05) is 6.54 Å². The highest BCUT2D eigenvalue weighted by atomic mass is 15.1. The van der Waals surface area contributed by atoms with E-state index in [0.717, 1.165) is 5.92 Å². The van der Waals surface area contributed by atoms with Gasteiger partial charge in [0, 0.05) is 12.1 Å². The molecule has 0 bridgehead atoms. The SMILES string of the molecule is C=CC1CNC2(CC2)C1. The van der Waals surface area contributed by atoms with Crippen LogP contribution in [0.1, 0.15) is 19.3 Å². The fraction of sp³-hybridized carbons (Fsp3) is 0.750. The van der Waals surface area contributed by atoms with Crippen molar-refractivity contribution in [2.45, 2.75) is 24.8 Å². The zero-order valence-corrected chi connectivity index (χ0v) is 5.69. The molecule has 9 heavy (non-hydrogen) atoms. The first-order valence-corrected chi connectivity index (χ1v) is 3.72. The van der Waals surface area contributed by atoms with Gasteiger partial charge < -0.3 is 5.32 Å². The lowest BCUT2D eigenvalue weighted by atomic mass is 10.1. The van der Waals surface area contributed by atoms with Crippen LogP contribution < -0.4 is 5.32 Å². The van der Waals surface area contributed by atoms with Gasteiger partial charge in [0.15, 0.2) is 0 Å². The molecule has 1 saturated carbocycles. The van der Waals surface area contributed by atoms with Crippen LogP contribution in [0.3, 0.4) is 0 Å². The van der Waals surface area contributed by atoms with Crippen molar-refractivity contribution in [1.82, 2.24) is 5.32 Å². The second-order valence-electron chi connectivity index (χ2n) is 3.36. The summed E-state index contributed by atoms with van der Waals surface area (Å²) in [5, 5.41) is 3.54. The van der Waals surface area contributed by atoms with Crippen molar-refractivity contribution in [3.8, 4) is 0 Å². The Morgan fingerprint density at radius 3 is 2.67 bits per heavy atom.